The molecule has 2 aromatic rings. The van der Waals surface area contributed by atoms with Gasteiger partial charge in [-0.15, -0.1) is 0 Å². The van der Waals surface area contributed by atoms with Crippen LogP contribution in [0.2, 0.25) is 0 Å². The molecule has 2 aromatic carbocycles. The Morgan fingerprint density at radius 2 is 1.55 bits per heavy atom. The predicted octanol–water partition coefficient (Wildman–Crippen LogP) is 5.07. The largest absolute Gasteiger partial charge is 0.444 e. The Morgan fingerprint density at radius 3 is 2.05 bits per heavy atom. The van der Waals surface area contributed by atoms with Gasteiger partial charge in [0.15, 0.2) is 0 Å². The second-order valence-corrected chi connectivity index (χ2v) is 14.7. The number of β-amino-alcohol motifs (C(OH)–C–C–N with tert-alkyl or cyclic N) is 1. The maximum absolute atomic E-state index is 14.0. The van der Waals surface area contributed by atoms with Crippen molar-refractivity contribution in [2.75, 3.05) is 13.2 Å². The highest BCUT2D eigenvalue weighted by atomic mass is 32.2. The van der Waals surface area contributed by atoms with Gasteiger partial charge in [-0.3, -0.25) is 10.1 Å². The molecule has 0 fully saturated rings. The molecule has 12 heteroatoms. The Bertz CT molecular complexity index is 1280. The second-order valence-electron chi connectivity index (χ2n) is 12.8. The number of aliphatic hydroxyl groups is 1. The van der Waals surface area contributed by atoms with Gasteiger partial charge in [0.05, 0.1) is 27.6 Å². The monoisotopic (exact) mass is 607 g/mol. The van der Waals surface area contributed by atoms with Crippen molar-refractivity contribution in [2.24, 2.45) is 0 Å². The van der Waals surface area contributed by atoms with E-state index in [1.54, 1.807) is 34.6 Å². The number of benzene rings is 2. The Hall–Kier alpha value is -3.06. The van der Waals surface area contributed by atoms with Crippen LogP contribution in [0.4, 0.5) is 10.5 Å². The minimum Gasteiger partial charge on any atom is -0.444 e. The Morgan fingerprint density at radius 1 is 0.976 bits per heavy atom. The van der Waals surface area contributed by atoms with Crippen LogP contribution >= 0.6 is 0 Å². The molecule has 0 aliphatic heterocycles. The van der Waals surface area contributed by atoms with E-state index in [1.807, 2.05) is 51.1 Å². The number of nitrogens with zero attached hydrogens (tertiary/aromatic N) is 2. The van der Waals surface area contributed by atoms with Gasteiger partial charge in [0.25, 0.3) is 5.69 Å². The zero-order valence-electron chi connectivity index (χ0n) is 25.8. The molecule has 0 aliphatic rings. The van der Waals surface area contributed by atoms with E-state index in [1.165, 1.54) is 16.4 Å². The van der Waals surface area contributed by atoms with Crippen LogP contribution in [0.5, 0.6) is 0 Å². The number of amides is 1. The van der Waals surface area contributed by atoms with Crippen LogP contribution < -0.4 is 5.32 Å². The van der Waals surface area contributed by atoms with Gasteiger partial charge in [0.2, 0.25) is 10.0 Å². The summed E-state index contributed by atoms with van der Waals surface area (Å²) in [4.78, 5) is 23.1. The summed E-state index contributed by atoms with van der Waals surface area (Å²) in [5.74, 6) is 0. The number of hydrogen-bond acceptors (Lipinski definition) is 8. The maximum Gasteiger partial charge on any atom is 0.407 e. The first-order valence-electron chi connectivity index (χ1n) is 13.8. The lowest BCUT2D eigenvalue weighted by molar-refractivity contribution is -0.384. The molecule has 42 heavy (non-hydrogen) atoms. The normalized spacial score (nSPS) is 14.3. The van der Waals surface area contributed by atoms with Gasteiger partial charge in [-0.05, 0) is 85.9 Å². The lowest BCUT2D eigenvalue weighted by atomic mass is 9.98. The fourth-order valence-electron chi connectivity index (χ4n) is 4.18. The molecule has 2 atom stereocenters. The van der Waals surface area contributed by atoms with Crippen LogP contribution in [0.3, 0.4) is 0 Å². The van der Waals surface area contributed by atoms with Crippen molar-refractivity contribution in [3.63, 3.8) is 0 Å². The van der Waals surface area contributed by atoms with Crippen LogP contribution in [0.15, 0.2) is 59.5 Å². The number of nitro groups is 1. The second kappa shape index (κ2) is 13.9. The molecule has 1 amide bonds. The Balaban J connectivity index is 2.48. The fourth-order valence-corrected chi connectivity index (χ4v) is 6.00. The molecular formula is C30H45N3O8S. The molecule has 0 aromatic heterocycles. The molecule has 1 unspecified atom stereocenters. The topological polar surface area (TPSA) is 148 Å². The number of carbonyl (C=O) groups is 1. The quantitative estimate of drug-likeness (QED) is 0.237. The summed E-state index contributed by atoms with van der Waals surface area (Å²) in [5.41, 5.74) is -1.72. The number of rotatable bonds is 13. The SMILES string of the molecule is CC(C)(C)OCCC(C)(C)N(CC(O)[C@H](Cc1ccccc1)NC(=O)OC(C)(C)C)S(=O)(=O)c1ccc([N+](=O)[O-])cc1. The number of sulfonamides is 1. The van der Waals surface area contributed by atoms with E-state index >= 15 is 0 Å². The van der Waals surface area contributed by atoms with Gasteiger partial charge < -0.3 is 19.9 Å². The van der Waals surface area contributed by atoms with E-state index in [9.17, 15) is 28.4 Å². The highest BCUT2D eigenvalue weighted by molar-refractivity contribution is 7.89. The van der Waals surface area contributed by atoms with Crippen LogP contribution in [0, 0.1) is 10.1 Å². The van der Waals surface area contributed by atoms with Gasteiger partial charge >= 0.3 is 6.09 Å². The maximum atomic E-state index is 14.0. The number of carbonyl (C=O) groups excluding carboxylic acids is 1. The van der Waals surface area contributed by atoms with Crippen LogP contribution in [-0.4, -0.2) is 70.9 Å². The highest BCUT2D eigenvalue weighted by Crippen LogP contribution is 2.30. The van der Waals surface area contributed by atoms with E-state index in [0.717, 1.165) is 17.7 Å². The molecule has 11 nitrogen and oxygen atoms in total. The summed E-state index contributed by atoms with van der Waals surface area (Å²) in [6, 6.07) is 12.9. The Labute approximate surface area is 249 Å². The lowest BCUT2D eigenvalue weighted by Gasteiger charge is -2.40. The number of nitro benzene ring substituents is 1. The summed E-state index contributed by atoms with van der Waals surface area (Å²) in [6.45, 7) is 14.1. The Kier molecular flexibility index (Phi) is 11.7. The summed E-state index contributed by atoms with van der Waals surface area (Å²) in [6.07, 6.45) is -1.61. The number of hydrogen-bond donors (Lipinski definition) is 2. The van der Waals surface area contributed by atoms with E-state index in [0.29, 0.717) is 0 Å². The van der Waals surface area contributed by atoms with Crippen molar-refractivity contribution in [1.82, 2.24) is 9.62 Å². The fraction of sp³-hybridized carbons (Fsp3) is 0.567. The van der Waals surface area contributed by atoms with Gasteiger partial charge in [0.1, 0.15) is 5.60 Å². The van der Waals surface area contributed by atoms with Crippen molar-refractivity contribution in [2.45, 2.75) is 102 Å². The number of ether oxygens (including phenoxy) is 2. The smallest absolute Gasteiger partial charge is 0.407 e. The van der Waals surface area contributed by atoms with Crippen molar-refractivity contribution in [3.8, 4) is 0 Å². The summed E-state index contributed by atoms with van der Waals surface area (Å²) in [7, 11) is -4.27. The van der Waals surface area contributed by atoms with Crippen LogP contribution in [0.25, 0.3) is 0 Å². The predicted molar refractivity (Wildman–Crippen MR) is 161 cm³/mol. The standard InChI is InChI=1S/C30H45N3O8S/c1-28(2,3)40-19-18-30(7,8)32(42(38,39)24-16-14-23(15-17-24)33(36)37)21-26(34)25(20-22-12-10-9-11-13-22)31-27(35)41-29(4,5)6/h9-17,25-26,34H,18-21H2,1-8H3,(H,31,35)/t25-,26?/m0/s1. The molecule has 0 spiro atoms. The van der Waals surface area contributed by atoms with Crippen molar-refractivity contribution < 1.29 is 32.7 Å². The van der Waals surface area contributed by atoms with E-state index in [-0.39, 0.29) is 36.6 Å². The van der Waals surface area contributed by atoms with Crippen molar-refractivity contribution in [1.29, 1.82) is 0 Å². The zero-order chi connectivity index (χ0) is 31.9. The highest BCUT2D eigenvalue weighted by Gasteiger charge is 2.40. The molecule has 2 N–H and O–H groups in total. The molecule has 0 saturated carbocycles. The molecular weight excluding hydrogens is 562 g/mol. The summed E-state index contributed by atoms with van der Waals surface area (Å²) < 4.78 is 40.5. The van der Waals surface area contributed by atoms with Crippen LogP contribution in [-0.2, 0) is 25.9 Å². The minimum atomic E-state index is -4.27. The minimum absolute atomic E-state index is 0.162. The third-order valence-electron chi connectivity index (χ3n) is 6.38. The number of aliphatic hydroxyl groups excluding tert-OH is 1. The van der Waals surface area contributed by atoms with E-state index < -0.39 is 49.9 Å². The van der Waals surface area contributed by atoms with Gasteiger partial charge in [0, 0.05) is 30.8 Å². The average molecular weight is 608 g/mol. The number of nitrogens with one attached hydrogen (secondary N) is 1. The summed E-state index contributed by atoms with van der Waals surface area (Å²) in [5, 5.41) is 25.4. The van der Waals surface area contributed by atoms with Crippen LogP contribution in [0.1, 0.15) is 67.4 Å². The molecule has 234 valence electrons. The molecule has 0 aliphatic carbocycles. The number of alkyl carbamates (subject to hydrolysis) is 1. The van der Waals surface area contributed by atoms with Gasteiger partial charge in [-0.2, -0.15) is 4.31 Å². The molecule has 2 rings (SSSR count). The molecule has 0 bridgehead atoms. The van der Waals surface area contributed by atoms with E-state index in [4.69, 9.17) is 9.47 Å². The van der Waals surface area contributed by atoms with E-state index in [2.05, 4.69) is 5.32 Å². The summed E-state index contributed by atoms with van der Waals surface area (Å²) >= 11 is 0. The lowest BCUT2D eigenvalue weighted by Crippen LogP contribution is -2.56. The van der Waals surface area contributed by atoms with Gasteiger partial charge in [-0.25, -0.2) is 13.2 Å². The third-order valence-corrected chi connectivity index (χ3v) is 8.47. The average Bonchev–Trinajstić information content (AvgIpc) is 2.85. The van der Waals surface area contributed by atoms with Gasteiger partial charge in [-0.1, -0.05) is 30.3 Å². The first-order chi connectivity index (χ1) is 19.2. The number of non-ortho nitro benzene ring substituents is 1. The third kappa shape index (κ3) is 11.0. The molecule has 0 saturated heterocycles. The first-order valence-corrected chi connectivity index (χ1v) is 15.3. The van der Waals surface area contributed by atoms with Crippen molar-refractivity contribution in [3.05, 3.63) is 70.3 Å². The first kappa shape index (κ1) is 35.1. The van der Waals surface area contributed by atoms with Crippen molar-refractivity contribution >= 4 is 21.8 Å². The zero-order valence-corrected chi connectivity index (χ0v) is 26.6. The molecule has 0 heterocycles. The molecule has 0 radical (unpaired) electrons.